The van der Waals surface area contributed by atoms with Crippen LogP contribution in [-0.4, -0.2) is 66.4 Å². The van der Waals surface area contributed by atoms with Crippen LogP contribution in [0, 0.1) is 5.92 Å². The molecule has 7 heteroatoms. The lowest BCUT2D eigenvalue weighted by Gasteiger charge is -2.26. The summed E-state index contributed by atoms with van der Waals surface area (Å²) >= 11 is 0. The number of morpholine rings is 1. The van der Waals surface area contributed by atoms with E-state index in [0.29, 0.717) is 44.1 Å². The van der Waals surface area contributed by atoms with Gasteiger partial charge in [-0.2, -0.15) is 0 Å². The van der Waals surface area contributed by atoms with E-state index in [4.69, 9.17) is 4.74 Å². The molecule has 2 aliphatic heterocycles. The van der Waals surface area contributed by atoms with Crippen LogP contribution in [0.15, 0.2) is 24.3 Å². The molecule has 1 unspecified atom stereocenters. The summed E-state index contributed by atoms with van der Waals surface area (Å²) in [5, 5.41) is 2.85. The Morgan fingerprint density at radius 1 is 1.15 bits per heavy atom. The average molecular weight is 359 g/mol. The second kappa shape index (κ2) is 7.86. The summed E-state index contributed by atoms with van der Waals surface area (Å²) in [6.07, 6.45) is 0.248. The lowest BCUT2D eigenvalue weighted by molar-refractivity contribution is -0.129. The van der Waals surface area contributed by atoms with Gasteiger partial charge in [0.15, 0.2) is 0 Å². The minimum Gasteiger partial charge on any atom is -0.378 e. The van der Waals surface area contributed by atoms with Crippen molar-refractivity contribution in [1.82, 2.24) is 9.80 Å². The van der Waals surface area contributed by atoms with Gasteiger partial charge in [-0.15, -0.1) is 0 Å². The van der Waals surface area contributed by atoms with Crippen molar-refractivity contribution in [3.05, 3.63) is 29.8 Å². The van der Waals surface area contributed by atoms with E-state index in [1.54, 1.807) is 34.1 Å². The summed E-state index contributed by atoms with van der Waals surface area (Å²) in [6, 6.07) is 6.98. The molecule has 0 radical (unpaired) electrons. The number of hydrogen-bond donors (Lipinski definition) is 1. The van der Waals surface area contributed by atoms with Gasteiger partial charge in [0.1, 0.15) is 0 Å². The zero-order valence-electron chi connectivity index (χ0n) is 15.2. The van der Waals surface area contributed by atoms with E-state index in [1.165, 1.54) is 0 Å². The normalized spacial score (nSPS) is 20.6. The van der Waals surface area contributed by atoms with Crippen molar-refractivity contribution in [2.24, 2.45) is 5.92 Å². The third-order valence-corrected chi connectivity index (χ3v) is 4.85. The molecule has 1 aromatic rings. The van der Waals surface area contributed by atoms with Crippen molar-refractivity contribution in [3.8, 4) is 0 Å². The number of nitrogens with one attached hydrogen (secondary N) is 1. The highest BCUT2D eigenvalue weighted by Gasteiger charge is 2.35. The highest BCUT2D eigenvalue weighted by Crippen LogP contribution is 2.22. The summed E-state index contributed by atoms with van der Waals surface area (Å²) < 4.78 is 5.26. The number of carbonyl (C=O) groups is 3. The molecule has 140 valence electrons. The molecular weight excluding hydrogens is 334 g/mol. The molecule has 2 heterocycles. The van der Waals surface area contributed by atoms with Crippen molar-refractivity contribution in [1.29, 1.82) is 0 Å². The van der Waals surface area contributed by atoms with Crippen LogP contribution in [0.25, 0.3) is 0 Å². The van der Waals surface area contributed by atoms with Crippen LogP contribution in [0.5, 0.6) is 0 Å². The first kappa shape index (κ1) is 18.4. The topological polar surface area (TPSA) is 79.0 Å². The number of carbonyl (C=O) groups excluding carboxylic acids is 3. The first-order chi connectivity index (χ1) is 12.5. The van der Waals surface area contributed by atoms with Crippen LogP contribution < -0.4 is 5.32 Å². The van der Waals surface area contributed by atoms with Gasteiger partial charge >= 0.3 is 0 Å². The minimum absolute atomic E-state index is 0.0200. The van der Waals surface area contributed by atoms with Crippen LogP contribution in [0.4, 0.5) is 5.69 Å². The first-order valence-corrected chi connectivity index (χ1v) is 9.03. The van der Waals surface area contributed by atoms with E-state index >= 15 is 0 Å². The fourth-order valence-corrected chi connectivity index (χ4v) is 3.30. The average Bonchev–Trinajstić information content (AvgIpc) is 3.05. The molecule has 7 nitrogen and oxygen atoms in total. The predicted octanol–water partition coefficient (Wildman–Crippen LogP) is 1.35. The van der Waals surface area contributed by atoms with Gasteiger partial charge in [0.2, 0.25) is 11.8 Å². The molecular formula is C19H25N3O4. The number of nitrogens with zero attached hydrogens (tertiary/aromatic N) is 2. The van der Waals surface area contributed by atoms with Crippen molar-refractivity contribution < 1.29 is 19.1 Å². The molecule has 3 rings (SSSR count). The maximum absolute atomic E-state index is 12.4. The monoisotopic (exact) mass is 359 g/mol. The van der Waals surface area contributed by atoms with Crippen molar-refractivity contribution in [3.63, 3.8) is 0 Å². The summed E-state index contributed by atoms with van der Waals surface area (Å²) in [4.78, 5) is 40.3. The minimum atomic E-state index is -0.334. The number of ether oxygens (including phenoxy) is 1. The van der Waals surface area contributed by atoms with Gasteiger partial charge in [0.25, 0.3) is 5.91 Å². The summed E-state index contributed by atoms with van der Waals surface area (Å²) in [7, 11) is 0. The number of amides is 3. The van der Waals surface area contributed by atoms with Crippen molar-refractivity contribution in [2.75, 3.05) is 38.2 Å². The van der Waals surface area contributed by atoms with Gasteiger partial charge in [0.05, 0.1) is 19.1 Å². The SMILES string of the molecule is CC(C)N1CC(C(=O)Nc2ccc(C(=O)N3CCOCC3)cc2)CC1=O. The van der Waals surface area contributed by atoms with E-state index in [0.717, 1.165) is 0 Å². The summed E-state index contributed by atoms with van der Waals surface area (Å²) in [5.41, 5.74) is 1.22. The number of anilines is 1. The Balaban J connectivity index is 1.58. The maximum atomic E-state index is 12.4. The lowest BCUT2D eigenvalue weighted by atomic mass is 10.1. The van der Waals surface area contributed by atoms with Crippen LogP contribution in [0.1, 0.15) is 30.6 Å². The van der Waals surface area contributed by atoms with Gasteiger partial charge in [-0.25, -0.2) is 0 Å². The van der Waals surface area contributed by atoms with E-state index < -0.39 is 0 Å². The smallest absolute Gasteiger partial charge is 0.254 e. The lowest BCUT2D eigenvalue weighted by Crippen LogP contribution is -2.40. The van der Waals surface area contributed by atoms with Crippen LogP contribution in [0.2, 0.25) is 0 Å². The number of hydrogen-bond acceptors (Lipinski definition) is 4. The number of benzene rings is 1. The largest absolute Gasteiger partial charge is 0.378 e. The third kappa shape index (κ3) is 4.04. The molecule has 0 aromatic heterocycles. The highest BCUT2D eigenvalue weighted by molar-refractivity contribution is 5.98. The zero-order chi connectivity index (χ0) is 18.7. The van der Waals surface area contributed by atoms with Crippen LogP contribution in [0.3, 0.4) is 0 Å². The van der Waals surface area contributed by atoms with E-state index in [1.807, 2.05) is 13.8 Å². The highest BCUT2D eigenvalue weighted by atomic mass is 16.5. The molecule has 1 atom stereocenters. The zero-order valence-corrected chi connectivity index (χ0v) is 15.2. The number of rotatable bonds is 4. The maximum Gasteiger partial charge on any atom is 0.254 e. The Bertz CT molecular complexity index is 681. The Kier molecular flexibility index (Phi) is 5.56. The van der Waals surface area contributed by atoms with Crippen molar-refractivity contribution >= 4 is 23.4 Å². The van der Waals surface area contributed by atoms with E-state index in [9.17, 15) is 14.4 Å². The molecule has 1 N–H and O–H groups in total. The Morgan fingerprint density at radius 3 is 2.38 bits per heavy atom. The Morgan fingerprint density at radius 2 is 1.81 bits per heavy atom. The Labute approximate surface area is 153 Å². The predicted molar refractivity (Wildman–Crippen MR) is 96.8 cm³/mol. The van der Waals surface area contributed by atoms with Crippen LogP contribution in [-0.2, 0) is 14.3 Å². The second-order valence-corrected chi connectivity index (χ2v) is 7.01. The molecule has 1 aromatic carbocycles. The summed E-state index contributed by atoms with van der Waals surface area (Å²) in [6.45, 7) is 6.67. The standard InChI is InChI=1S/C19H25N3O4/c1-13(2)22-12-15(11-17(22)23)18(24)20-16-5-3-14(4-6-16)19(25)21-7-9-26-10-8-21/h3-6,13,15H,7-12H2,1-2H3,(H,20,24). The summed E-state index contributed by atoms with van der Waals surface area (Å²) in [5.74, 6) is -0.500. The fraction of sp³-hybridized carbons (Fsp3) is 0.526. The third-order valence-electron chi connectivity index (χ3n) is 4.85. The number of likely N-dealkylation sites (tertiary alicyclic amines) is 1. The van der Waals surface area contributed by atoms with Gasteiger partial charge < -0.3 is 19.9 Å². The fourth-order valence-electron chi connectivity index (χ4n) is 3.30. The van der Waals surface area contributed by atoms with Crippen LogP contribution >= 0.6 is 0 Å². The quantitative estimate of drug-likeness (QED) is 0.880. The molecule has 0 aliphatic carbocycles. The van der Waals surface area contributed by atoms with E-state index in [2.05, 4.69) is 5.32 Å². The van der Waals surface area contributed by atoms with Gasteiger partial charge in [-0.3, -0.25) is 14.4 Å². The molecule has 2 aliphatic rings. The second-order valence-electron chi connectivity index (χ2n) is 7.01. The van der Waals surface area contributed by atoms with E-state index in [-0.39, 0.29) is 36.1 Å². The molecule has 2 fully saturated rings. The van der Waals surface area contributed by atoms with Gasteiger partial charge in [-0.1, -0.05) is 0 Å². The molecule has 26 heavy (non-hydrogen) atoms. The van der Waals surface area contributed by atoms with Gasteiger partial charge in [-0.05, 0) is 38.1 Å². The molecule has 2 saturated heterocycles. The molecule has 0 bridgehead atoms. The Hall–Kier alpha value is -2.41. The molecule has 0 saturated carbocycles. The van der Waals surface area contributed by atoms with Gasteiger partial charge in [0, 0.05) is 43.3 Å². The molecule has 0 spiro atoms. The molecule has 3 amide bonds. The van der Waals surface area contributed by atoms with Crippen molar-refractivity contribution in [2.45, 2.75) is 26.3 Å². The first-order valence-electron chi connectivity index (χ1n) is 9.03.